The summed E-state index contributed by atoms with van der Waals surface area (Å²) in [6.07, 6.45) is 0. The van der Waals surface area contributed by atoms with E-state index in [0.29, 0.717) is 0 Å². The molecule has 1 aromatic rings. The van der Waals surface area contributed by atoms with Crippen LogP contribution in [-0.2, 0) is 0 Å². The minimum Gasteiger partial charge on any atom is -0.506 e. The second-order valence-electron chi connectivity index (χ2n) is 0.908. The molecule has 2 heteroatoms. The lowest BCUT2D eigenvalue weighted by molar-refractivity contribution is 0.477. The first kappa shape index (κ1) is 3.68. The lowest BCUT2D eigenvalue weighted by Gasteiger charge is -1.66. The van der Waals surface area contributed by atoms with E-state index in [-0.39, 0.29) is 5.75 Å². The number of thiophene rings is 1. The molecule has 0 amide bonds. The summed E-state index contributed by atoms with van der Waals surface area (Å²) in [6, 6.07) is 1.60. The minimum atomic E-state index is 0.236. The van der Waals surface area contributed by atoms with Crippen molar-refractivity contribution < 1.29 is 5.11 Å². The molecule has 1 radical (unpaired) electrons. The third-order valence-electron chi connectivity index (χ3n) is 0.457. The van der Waals surface area contributed by atoms with Crippen molar-refractivity contribution in [2.75, 3.05) is 0 Å². The van der Waals surface area contributed by atoms with Gasteiger partial charge in [-0.2, -0.15) is 0 Å². The Labute approximate surface area is 39.9 Å². The van der Waals surface area contributed by atoms with E-state index < -0.39 is 0 Å². The zero-order chi connectivity index (χ0) is 4.41. The molecule has 0 aliphatic rings. The monoisotopic (exact) mass is 99.0 g/mol. The van der Waals surface area contributed by atoms with E-state index in [2.05, 4.69) is 5.38 Å². The van der Waals surface area contributed by atoms with Crippen molar-refractivity contribution in [3.8, 4) is 5.75 Å². The Balaban J connectivity index is 3.05. The molecule has 0 saturated heterocycles. The maximum atomic E-state index is 8.43. The van der Waals surface area contributed by atoms with Gasteiger partial charge in [-0.15, -0.1) is 11.3 Å². The van der Waals surface area contributed by atoms with E-state index in [0.717, 1.165) is 0 Å². The highest BCUT2D eigenvalue weighted by molar-refractivity contribution is 7.07. The Morgan fingerprint density at radius 2 is 2.67 bits per heavy atom. The van der Waals surface area contributed by atoms with Crippen LogP contribution in [0.2, 0.25) is 0 Å². The van der Waals surface area contributed by atoms with Crippen LogP contribution in [0.15, 0.2) is 11.4 Å². The Kier molecular flexibility index (Phi) is 0.801. The van der Waals surface area contributed by atoms with Gasteiger partial charge in [0.05, 0.1) is 5.38 Å². The van der Waals surface area contributed by atoms with E-state index in [1.807, 2.05) is 0 Å². The highest BCUT2D eigenvalue weighted by Crippen LogP contribution is 2.09. The van der Waals surface area contributed by atoms with Gasteiger partial charge >= 0.3 is 0 Å². The number of rotatable bonds is 0. The van der Waals surface area contributed by atoms with Crippen LogP contribution < -0.4 is 0 Å². The van der Waals surface area contributed by atoms with Crippen molar-refractivity contribution in [3.05, 3.63) is 16.8 Å². The summed E-state index contributed by atoms with van der Waals surface area (Å²) >= 11 is 1.36. The Bertz CT molecular complexity index is 111. The molecule has 1 nitrogen and oxygen atoms in total. The van der Waals surface area contributed by atoms with Gasteiger partial charge in [0.25, 0.3) is 0 Å². The normalized spacial score (nSPS) is 8.67. The van der Waals surface area contributed by atoms with E-state index in [1.165, 1.54) is 11.3 Å². The van der Waals surface area contributed by atoms with Crippen molar-refractivity contribution in [2.45, 2.75) is 0 Å². The first-order valence-corrected chi connectivity index (χ1v) is 2.42. The minimum absolute atomic E-state index is 0.236. The third-order valence-corrected chi connectivity index (χ3v) is 1.06. The smallest absolute Gasteiger partial charge is 0.135 e. The molecule has 1 rings (SSSR count). The van der Waals surface area contributed by atoms with E-state index in [9.17, 15) is 0 Å². The van der Waals surface area contributed by atoms with Crippen LogP contribution in [0, 0.1) is 5.38 Å². The van der Waals surface area contributed by atoms with Gasteiger partial charge < -0.3 is 5.11 Å². The summed E-state index contributed by atoms with van der Waals surface area (Å²) in [4.78, 5) is 0. The van der Waals surface area contributed by atoms with Crippen molar-refractivity contribution in [1.29, 1.82) is 0 Å². The molecule has 0 fully saturated rings. The topological polar surface area (TPSA) is 20.2 Å². The highest BCUT2D eigenvalue weighted by atomic mass is 32.1. The zero-order valence-electron chi connectivity index (χ0n) is 3.01. The van der Waals surface area contributed by atoms with Crippen LogP contribution in [-0.4, -0.2) is 5.11 Å². The fraction of sp³-hybridized carbons (Fsp3) is 0. The van der Waals surface area contributed by atoms with E-state index in [4.69, 9.17) is 5.11 Å². The van der Waals surface area contributed by atoms with Crippen LogP contribution in [0.3, 0.4) is 0 Å². The second-order valence-corrected chi connectivity index (χ2v) is 1.62. The standard InChI is InChI=1S/C4H3OS/c5-4-1-2-6-3-4/h1-2,5H. The van der Waals surface area contributed by atoms with Crippen molar-refractivity contribution in [3.63, 3.8) is 0 Å². The summed E-state index contributed by atoms with van der Waals surface area (Å²) in [6.45, 7) is 0. The average Bonchev–Trinajstić information content (AvgIpc) is 1.86. The lowest BCUT2D eigenvalue weighted by Crippen LogP contribution is -1.41. The molecule has 1 N–H and O–H groups in total. The molecule has 0 unspecified atom stereocenters. The molecule has 1 heterocycles. The van der Waals surface area contributed by atoms with E-state index in [1.54, 1.807) is 11.4 Å². The molecule has 0 atom stereocenters. The van der Waals surface area contributed by atoms with Gasteiger partial charge in [-0.3, -0.25) is 0 Å². The summed E-state index contributed by atoms with van der Waals surface area (Å²) in [5.74, 6) is 0.236. The molecule has 0 aromatic carbocycles. The largest absolute Gasteiger partial charge is 0.506 e. The molecule has 0 saturated carbocycles. The zero-order valence-corrected chi connectivity index (χ0v) is 3.83. The molecule has 0 bridgehead atoms. The van der Waals surface area contributed by atoms with Crippen LogP contribution in [0.25, 0.3) is 0 Å². The SMILES string of the molecule is Oc1[c]scc1. The number of hydrogen-bond acceptors (Lipinski definition) is 2. The van der Waals surface area contributed by atoms with Crippen molar-refractivity contribution >= 4 is 11.3 Å². The average molecular weight is 99.1 g/mol. The fourth-order valence-electron chi connectivity index (χ4n) is 0.227. The molecule has 31 valence electrons. The molecule has 0 spiro atoms. The summed E-state index contributed by atoms with van der Waals surface area (Å²) in [5, 5.41) is 12.8. The fourth-order valence-corrected chi connectivity index (χ4v) is 0.681. The van der Waals surface area contributed by atoms with Gasteiger partial charge in [-0.25, -0.2) is 0 Å². The quantitative estimate of drug-likeness (QED) is 0.519. The molecule has 0 aliphatic heterocycles. The van der Waals surface area contributed by atoms with Crippen LogP contribution in [0.4, 0.5) is 0 Å². The number of aromatic hydroxyl groups is 1. The maximum absolute atomic E-state index is 8.43. The van der Waals surface area contributed by atoms with Gasteiger partial charge in [0.15, 0.2) is 0 Å². The maximum Gasteiger partial charge on any atom is 0.135 e. The van der Waals surface area contributed by atoms with Crippen molar-refractivity contribution in [2.24, 2.45) is 0 Å². The first-order chi connectivity index (χ1) is 2.89. The summed E-state index contributed by atoms with van der Waals surface area (Å²) < 4.78 is 0. The molecular formula is C4H3OS. The van der Waals surface area contributed by atoms with Gasteiger partial charge in [0.1, 0.15) is 5.75 Å². The first-order valence-electron chi connectivity index (χ1n) is 1.54. The Morgan fingerprint density at radius 1 is 1.83 bits per heavy atom. The predicted molar refractivity (Wildman–Crippen MR) is 24.8 cm³/mol. The highest BCUT2D eigenvalue weighted by Gasteiger charge is 1.79. The molecular weight excluding hydrogens is 96.1 g/mol. The lowest BCUT2D eigenvalue weighted by atomic mass is 10.6. The van der Waals surface area contributed by atoms with Gasteiger partial charge in [0.2, 0.25) is 0 Å². The summed E-state index contributed by atoms with van der Waals surface area (Å²) in [5.41, 5.74) is 0. The van der Waals surface area contributed by atoms with Crippen LogP contribution in [0.1, 0.15) is 0 Å². The summed E-state index contributed by atoms with van der Waals surface area (Å²) in [7, 11) is 0. The predicted octanol–water partition coefficient (Wildman–Crippen LogP) is 1.25. The molecule has 6 heavy (non-hydrogen) atoms. The number of hydrogen-bond donors (Lipinski definition) is 1. The van der Waals surface area contributed by atoms with Crippen LogP contribution in [0.5, 0.6) is 5.75 Å². The van der Waals surface area contributed by atoms with Gasteiger partial charge in [-0.1, -0.05) is 0 Å². The molecule has 0 aliphatic carbocycles. The Morgan fingerprint density at radius 3 is 2.83 bits per heavy atom. The van der Waals surface area contributed by atoms with Gasteiger partial charge in [0, 0.05) is 0 Å². The Hall–Kier alpha value is -0.500. The second kappa shape index (κ2) is 1.30. The van der Waals surface area contributed by atoms with E-state index >= 15 is 0 Å². The van der Waals surface area contributed by atoms with Crippen molar-refractivity contribution in [1.82, 2.24) is 0 Å². The van der Waals surface area contributed by atoms with Gasteiger partial charge in [-0.05, 0) is 11.4 Å². The van der Waals surface area contributed by atoms with Crippen LogP contribution >= 0.6 is 11.3 Å². The molecule has 1 aromatic heterocycles. The third kappa shape index (κ3) is 0.518.